The number of carboxylic acid groups (broad SMARTS) is 1. The van der Waals surface area contributed by atoms with Gasteiger partial charge in [-0.1, -0.05) is 17.7 Å². The van der Waals surface area contributed by atoms with Crippen LogP contribution in [-0.4, -0.2) is 34.6 Å². The largest absolute Gasteiger partial charge is 0.481 e. The highest BCUT2D eigenvalue weighted by Crippen LogP contribution is 2.29. The Hall–Kier alpha value is -1.75. The van der Waals surface area contributed by atoms with E-state index in [9.17, 15) is 9.59 Å². The molecule has 1 aromatic carbocycles. The molecule has 0 atom stereocenters. The van der Waals surface area contributed by atoms with E-state index in [1.54, 1.807) is 23.1 Å². The number of hydrogen-bond acceptors (Lipinski definition) is 2. The Morgan fingerprint density at radius 2 is 2.15 bits per heavy atom. The number of carbonyl (C=O) groups excluding carboxylic acids is 1. The minimum atomic E-state index is -0.901. The number of carbonyl (C=O) groups is 2. The van der Waals surface area contributed by atoms with Gasteiger partial charge in [-0.25, -0.2) is 4.79 Å². The monoisotopic (exact) mass is 296 g/mol. The lowest BCUT2D eigenvalue weighted by Crippen LogP contribution is -2.38. The van der Waals surface area contributed by atoms with Crippen molar-refractivity contribution in [1.29, 1.82) is 0 Å². The van der Waals surface area contributed by atoms with Gasteiger partial charge in [-0.3, -0.25) is 4.79 Å². The molecule has 0 unspecified atom stereocenters. The predicted molar refractivity (Wildman–Crippen MR) is 77.2 cm³/mol. The van der Waals surface area contributed by atoms with Gasteiger partial charge in [0.2, 0.25) is 0 Å². The fraction of sp³-hybridized carbons (Fsp3) is 0.429. The van der Waals surface area contributed by atoms with Crippen LogP contribution in [0.2, 0.25) is 5.02 Å². The van der Waals surface area contributed by atoms with Crippen LogP contribution in [0.1, 0.15) is 24.8 Å². The number of hydrogen-bond donors (Lipinski definition) is 2. The normalized spacial score (nSPS) is 13.9. The van der Waals surface area contributed by atoms with Crippen LogP contribution in [0.5, 0.6) is 0 Å². The van der Waals surface area contributed by atoms with Crippen LogP contribution < -0.4 is 5.32 Å². The second kappa shape index (κ2) is 6.13. The van der Waals surface area contributed by atoms with E-state index in [4.69, 9.17) is 16.7 Å². The van der Waals surface area contributed by atoms with E-state index >= 15 is 0 Å². The summed E-state index contributed by atoms with van der Waals surface area (Å²) >= 11 is 6.01. The number of rotatable bonds is 5. The quantitative estimate of drug-likeness (QED) is 0.877. The molecule has 1 saturated carbocycles. The highest BCUT2D eigenvalue weighted by molar-refractivity contribution is 6.31. The molecule has 1 fully saturated rings. The summed E-state index contributed by atoms with van der Waals surface area (Å²) in [5, 5.41) is 12.1. The van der Waals surface area contributed by atoms with E-state index in [0.29, 0.717) is 10.7 Å². The summed E-state index contributed by atoms with van der Waals surface area (Å²) in [5.41, 5.74) is 1.46. The molecule has 6 heteroatoms. The lowest BCUT2D eigenvalue weighted by molar-refractivity contribution is -0.137. The molecule has 5 nitrogen and oxygen atoms in total. The number of aliphatic carboxylic acids is 1. The van der Waals surface area contributed by atoms with Crippen molar-refractivity contribution in [3.05, 3.63) is 28.8 Å². The van der Waals surface area contributed by atoms with E-state index in [-0.39, 0.29) is 25.0 Å². The summed E-state index contributed by atoms with van der Waals surface area (Å²) in [4.78, 5) is 24.5. The van der Waals surface area contributed by atoms with Gasteiger partial charge >= 0.3 is 12.0 Å². The second-order valence-corrected chi connectivity index (χ2v) is 5.32. The van der Waals surface area contributed by atoms with Crippen LogP contribution >= 0.6 is 11.6 Å². The van der Waals surface area contributed by atoms with Gasteiger partial charge in [0.25, 0.3) is 0 Å². The number of nitrogens with zero attached hydrogens (tertiary/aromatic N) is 1. The lowest BCUT2D eigenvalue weighted by Gasteiger charge is -2.22. The van der Waals surface area contributed by atoms with Crippen LogP contribution in [0, 0.1) is 6.92 Å². The van der Waals surface area contributed by atoms with E-state index in [0.717, 1.165) is 18.4 Å². The number of amides is 2. The predicted octanol–water partition coefficient (Wildman–Crippen LogP) is 3.12. The van der Waals surface area contributed by atoms with E-state index < -0.39 is 5.97 Å². The average Bonchev–Trinajstić information content (AvgIpc) is 3.19. The Bertz CT molecular complexity index is 529. The Morgan fingerprint density at radius 1 is 1.45 bits per heavy atom. The van der Waals surface area contributed by atoms with Gasteiger partial charge in [-0.15, -0.1) is 0 Å². The van der Waals surface area contributed by atoms with Gasteiger partial charge in [0, 0.05) is 23.3 Å². The first-order valence-corrected chi connectivity index (χ1v) is 6.91. The number of halogens is 1. The molecular formula is C14H17ClN2O3. The van der Waals surface area contributed by atoms with Crippen LogP contribution in [-0.2, 0) is 4.79 Å². The summed E-state index contributed by atoms with van der Waals surface area (Å²) < 4.78 is 0. The Kier molecular flexibility index (Phi) is 4.49. The summed E-state index contributed by atoms with van der Waals surface area (Å²) in [7, 11) is 0. The highest BCUT2D eigenvalue weighted by atomic mass is 35.5. The van der Waals surface area contributed by atoms with Crippen molar-refractivity contribution >= 4 is 29.3 Å². The first-order valence-electron chi connectivity index (χ1n) is 6.53. The van der Waals surface area contributed by atoms with E-state index in [1.165, 1.54) is 0 Å². The van der Waals surface area contributed by atoms with Gasteiger partial charge < -0.3 is 15.3 Å². The molecule has 0 saturated heterocycles. The van der Waals surface area contributed by atoms with Gasteiger partial charge in [-0.2, -0.15) is 0 Å². The maximum absolute atomic E-state index is 12.2. The zero-order valence-electron chi connectivity index (χ0n) is 11.2. The first-order chi connectivity index (χ1) is 9.49. The SMILES string of the molecule is Cc1c(Cl)cccc1NC(=O)N(CCC(=O)O)C1CC1. The lowest BCUT2D eigenvalue weighted by atomic mass is 10.2. The number of benzene rings is 1. The zero-order chi connectivity index (χ0) is 14.7. The van der Waals surface area contributed by atoms with Gasteiger partial charge in [0.1, 0.15) is 0 Å². The van der Waals surface area contributed by atoms with Crippen LogP contribution in [0.3, 0.4) is 0 Å². The minimum Gasteiger partial charge on any atom is -0.481 e. The Labute approximate surface area is 122 Å². The van der Waals surface area contributed by atoms with E-state index in [1.807, 2.05) is 6.92 Å². The molecule has 0 aromatic heterocycles. The molecule has 0 heterocycles. The standard InChI is InChI=1S/C14H17ClN2O3/c1-9-11(15)3-2-4-12(9)16-14(20)17(10-5-6-10)8-7-13(18)19/h2-4,10H,5-8H2,1H3,(H,16,20)(H,18,19). The number of nitrogens with one attached hydrogen (secondary N) is 1. The van der Waals surface area contributed by atoms with Crippen molar-refractivity contribution in [2.45, 2.75) is 32.2 Å². The molecule has 2 amide bonds. The zero-order valence-corrected chi connectivity index (χ0v) is 12.0. The van der Waals surface area contributed by atoms with Crippen molar-refractivity contribution in [1.82, 2.24) is 4.90 Å². The van der Waals surface area contributed by atoms with Crippen LogP contribution in [0.4, 0.5) is 10.5 Å². The molecule has 2 N–H and O–H groups in total. The van der Waals surface area contributed by atoms with Crippen molar-refractivity contribution in [3.8, 4) is 0 Å². The third kappa shape index (κ3) is 3.63. The molecule has 1 aromatic rings. The molecule has 0 spiro atoms. The molecule has 0 bridgehead atoms. The molecule has 0 aliphatic heterocycles. The molecule has 1 aliphatic rings. The van der Waals surface area contributed by atoms with Crippen molar-refractivity contribution in [2.24, 2.45) is 0 Å². The fourth-order valence-corrected chi connectivity index (χ4v) is 2.16. The third-order valence-electron chi connectivity index (χ3n) is 3.32. The summed E-state index contributed by atoms with van der Waals surface area (Å²) in [6.07, 6.45) is 1.82. The van der Waals surface area contributed by atoms with Crippen molar-refractivity contribution in [2.75, 3.05) is 11.9 Å². The summed E-state index contributed by atoms with van der Waals surface area (Å²) in [6.45, 7) is 2.06. The molecule has 108 valence electrons. The van der Waals surface area contributed by atoms with Crippen molar-refractivity contribution in [3.63, 3.8) is 0 Å². The van der Waals surface area contributed by atoms with Gasteiger partial charge in [-0.05, 0) is 37.5 Å². The Balaban J connectivity index is 2.04. The summed E-state index contributed by atoms with van der Waals surface area (Å²) in [6, 6.07) is 5.20. The first kappa shape index (κ1) is 14.7. The average molecular weight is 297 g/mol. The highest BCUT2D eigenvalue weighted by Gasteiger charge is 2.32. The molecule has 20 heavy (non-hydrogen) atoms. The third-order valence-corrected chi connectivity index (χ3v) is 3.73. The molecule has 1 aliphatic carbocycles. The molecular weight excluding hydrogens is 280 g/mol. The van der Waals surface area contributed by atoms with Gasteiger partial charge in [0.15, 0.2) is 0 Å². The Morgan fingerprint density at radius 3 is 2.75 bits per heavy atom. The second-order valence-electron chi connectivity index (χ2n) is 4.91. The topological polar surface area (TPSA) is 69.6 Å². The van der Waals surface area contributed by atoms with Crippen LogP contribution in [0.15, 0.2) is 18.2 Å². The number of urea groups is 1. The number of carboxylic acids is 1. The maximum Gasteiger partial charge on any atom is 0.322 e. The minimum absolute atomic E-state index is 0.0432. The maximum atomic E-state index is 12.2. The smallest absolute Gasteiger partial charge is 0.322 e. The van der Waals surface area contributed by atoms with E-state index in [2.05, 4.69) is 5.32 Å². The number of anilines is 1. The van der Waals surface area contributed by atoms with Gasteiger partial charge in [0.05, 0.1) is 6.42 Å². The van der Waals surface area contributed by atoms with Crippen molar-refractivity contribution < 1.29 is 14.7 Å². The fourth-order valence-electron chi connectivity index (χ4n) is 1.98. The summed E-state index contributed by atoms with van der Waals surface area (Å²) in [5.74, 6) is -0.901. The molecule has 0 radical (unpaired) electrons. The van der Waals surface area contributed by atoms with Crippen LogP contribution in [0.25, 0.3) is 0 Å². The molecule has 2 rings (SSSR count).